The summed E-state index contributed by atoms with van der Waals surface area (Å²) >= 11 is 0. The summed E-state index contributed by atoms with van der Waals surface area (Å²) in [6, 6.07) is 4.39. The van der Waals surface area contributed by atoms with Crippen LogP contribution in [0.25, 0.3) is 0 Å². The fourth-order valence-corrected chi connectivity index (χ4v) is 2.26. The van der Waals surface area contributed by atoms with Crippen LogP contribution in [-0.4, -0.2) is 24.6 Å². The minimum absolute atomic E-state index is 0.788. The van der Waals surface area contributed by atoms with Crippen molar-refractivity contribution in [3.05, 3.63) is 48.7 Å². The molecule has 0 aliphatic rings. The molecule has 0 amide bonds. The number of hydrogen-bond donors (Lipinski definition) is 1. The molecule has 21 heavy (non-hydrogen) atoms. The van der Waals surface area contributed by atoms with Crippen LogP contribution in [0.4, 0.5) is 5.82 Å². The molecule has 0 radical (unpaired) electrons. The van der Waals surface area contributed by atoms with Gasteiger partial charge in [-0.2, -0.15) is 0 Å². The number of rotatable bonds is 11. The van der Waals surface area contributed by atoms with E-state index >= 15 is 0 Å². The molecule has 0 aliphatic carbocycles. The molecule has 0 bridgehead atoms. The van der Waals surface area contributed by atoms with Gasteiger partial charge in [-0.05, 0) is 37.1 Å². The zero-order valence-corrected chi connectivity index (χ0v) is 13.6. The molecular formula is C18H29N3. The van der Waals surface area contributed by atoms with E-state index in [0.717, 1.165) is 51.3 Å². The monoisotopic (exact) mass is 287 g/mol. The summed E-state index contributed by atoms with van der Waals surface area (Å²) in [6.07, 6.45) is 7.10. The molecule has 116 valence electrons. The van der Waals surface area contributed by atoms with Crippen LogP contribution in [0.3, 0.4) is 0 Å². The highest BCUT2D eigenvalue weighted by atomic mass is 15.2. The molecule has 1 heterocycles. The predicted octanol–water partition coefficient (Wildman–Crippen LogP) is 3.71. The van der Waals surface area contributed by atoms with Gasteiger partial charge in [0.2, 0.25) is 0 Å². The fourth-order valence-electron chi connectivity index (χ4n) is 2.26. The number of aryl methyl sites for hydroxylation is 1. The molecule has 3 nitrogen and oxygen atoms in total. The van der Waals surface area contributed by atoms with Crippen molar-refractivity contribution in [2.24, 2.45) is 0 Å². The second kappa shape index (κ2) is 10.2. The van der Waals surface area contributed by atoms with Crippen molar-refractivity contribution in [3.63, 3.8) is 0 Å². The first-order valence-electron chi connectivity index (χ1n) is 7.92. The summed E-state index contributed by atoms with van der Waals surface area (Å²) < 4.78 is 0. The van der Waals surface area contributed by atoms with E-state index in [1.807, 2.05) is 12.2 Å². The van der Waals surface area contributed by atoms with Crippen molar-refractivity contribution >= 4 is 5.82 Å². The smallest absolute Gasteiger partial charge is 0.129 e. The van der Waals surface area contributed by atoms with E-state index in [4.69, 9.17) is 4.98 Å². The average Bonchev–Trinajstić information content (AvgIpc) is 2.47. The molecule has 0 unspecified atom stereocenters. The zero-order valence-electron chi connectivity index (χ0n) is 13.6. The maximum Gasteiger partial charge on any atom is 0.129 e. The lowest BCUT2D eigenvalue weighted by molar-refractivity contribution is 0.673. The normalized spacial score (nSPS) is 10.4. The van der Waals surface area contributed by atoms with E-state index in [9.17, 15) is 0 Å². The van der Waals surface area contributed by atoms with E-state index < -0.39 is 0 Å². The number of aromatic nitrogens is 1. The van der Waals surface area contributed by atoms with Crippen molar-refractivity contribution < 1.29 is 0 Å². The molecule has 0 saturated heterocycles. The number of pyridine rings is 1. The maximum atomic E-state index is 4.79. The first kappa shape index (κ1) is 17.4. The Bertz CT molecular complexity index is 430. The van der Waals surface area contributed by atoms with Crippen molar-refractivity contribution in [2.75, 3.05) is 24.5 Å². The molecule has 1 rings (SSSR count). The summed E-state index contributed by atoms with van der Waals surface area (Å²) in [5.41, 5.74) is 2.47. The molecule has 3 heteroatoms. The summed E-state index contributed by atoms with van der Waals surface area (Å²) in [4.78, 5) is 6.99. The van der Waals surface area contributed by atoms with Crippen LogP contribution in [0.1, 0.15) is 37.9 Å². The van der Waals surface area contributed by atoms with Crippen LogP contribution < -0.4 is 10.2 Å². The minimum atomic E-state index is 0.788. The van der Waals surface area contributed by atoms with Crippen molar-refractivity contribution in [1.82, 2.24) is 10.3 Å². The number of nitrogens with zero attached hydrogens (tertiary/aromatic N) is 2. The number of anilines is 1. The molecule has 0 aromatic carbocycles. The lowest BCUT2D eigenvalue weighted by Crippen LogP contribution is -2.25. The minimum Gasteiger partial charge on any atom is -0.349 e. The van der Waals surface area contributed by atoms with Crippen LogP contribution in [0.15, 0.2) is 37.4 Å². The average molecular weight is 287 g/mol. The Morgan fingerprint density at radius 2 is 1.86 bits per heavy atom. The second-order valence-corrected chi connectivity index (χ2v) is 5.23. The molecule has 1 aromatic heterocycles. The van der Waals surface area contributed by atoms with E-state index in [-0.39, 0.29) is 0 Å². The van der Waals surface area contributed by atoms with Crippen LogP contribution in [0.5, 0.6) is 0 Å². The molecule has 0 fully saturated rings. The van der Waals surface area contributed by atoms with Crippen molar-refractivity contribution in [1.29, 1.82) is 0 Å². The van der Waals surface area contributed by atoms with Gasteiger partial charge < -0.3 is 10.2 Å². The molecular weight excluding hydrogens is 258 g/mol. The lowest BCUT2D eigenvalue weighted by atomic mass is 10.1. The highest BCUT2D eigenvalue weighted by Gasteiger charge is 2.08. The molecule has 0 atom stereocenters. The van der Waals surface area contributed by atoms with Gasteiger partial charge in [0, 0.05) is 25.3 Å². The Morgan fingerprint density at radius 1 is 1.14 bits per heavy atom. The third-order valence-corrected chi connectivity index (χ3v) is 3.21. The van der Waals surface area contributed by atoms with Gasteiger partial charge in [0.25, 0.3) is 0 Å². The first-order valence-corrected chi connectivity index (χ1v) is 7.92. The fraction of sp³-hybridized carbons (Fsp3) is 0.500. The van der Waals surface area contributed by atoms with Crippen LogP contribution in [0.2, 0.25) is 0 Å². The Balaban J connectivity index is 2.97. The quantitative estimate of drug-likeness (QED) is 0.497. The van der Waals surface area contributed by atoms with E-state index in [1.165, 1.54) is 11.3 Å². The molecule has 0 aliphatic heterocycles. The molecule has 1 aromatic rings. The van der Waals surface area contributed by atoms with Crippen LogP contribution >= 0.6 is 0 Å². The van der Waals surface area contributed by atoms with E-state index in [0.29, 0.717) is 0 Å². The van der Waals surface area contributed by atoms with Gasteiger partial charge in [0.1, 0.15) is 5.82 Å². The Morgan fingerprint density at radius 3 is 2.43 bits per heavy atom. The largest absolute Gasteiger partial charge is 0.349 e. The first-order chi connectivity index (χ1) is 10.2. The number of hydrogen-bond acceptors (Lipinski definition) is 3. The van der Waals surface area contributed by atoms with Gasteiger partial charge in [-0.25, -0.2) is 4.98 Å². The van der Waals surface area contributed by atoms with Crippen molar-refractivity contribution in [3.8, 4) is 0 Å². The van der Waals surface area contributed by atoms with Gasteiger partial charge in [-0.3, -0.25) is 0 Å². The molecule has 0 saturated carbocycles. The summed E-state index contributed by atoms with van der Waals surface area (Å²) in [5, 5.41) is 3.46. The SMILES string of the molecule is C=CCN(CC=C)c1cc(CNCCC)cc(CCC)n1. The van der Waals surface area contributed by atoms with Crippen LogP contribution in [-0.2, 0) is 13.0 Å². The summed E-state index contributed by atoms with van der Waals surface area (Å²) in [5.74, 6) is 1.02. The topological polar surface area (TPSA) is 28.2 Å². The number of nitrogens with one attached hydrogen (secondary N) is 1. The summed E-state index contributed by atoms with van der Waals surface area (Å²) in [7, 11) is 0. The van der Waals surface area contributed by atoms with Gasteiger partial charge in [0.05, 0.1) is 0 Å². The third-order valence-electron chi connectivity index (χ3n) is 3.21. The maximum absolute atomic E-state index is 4.79. The molecule has 0 spiro atoms. The summed E-state index contributed by atoms with van der Waals surface area (Å²) in [6.45, 7) is 15.6. The van der Waals surface area contributed by atoms with Crippen molar-refractivity contribution in [2.45, 2.75) is 39.7 Å². The second-order valence-electron chi connectivity index (χ2n) is 5.23. The Hall–Kier alpha value is -1.61. The standard InChI is InChI=1S/C18H29N3/c1-5-9-17-13-16(15-19-10-6-2)14-18(20-17)21(11-7-3)12-8-4/h7-8,13-14,19H,3-6,9-12,15H2,1-2H3. The highest BCUT2D eigenvalue weighted by molar-refractivity contribution is 5.44. The van der Waals surface area contributed by atoms with Gasteiger partial charge in [-0.1, -0.05) is 32.4 Å². The van der Waals surface area contributed by atoms with Gasteiger partial charge in [0.15, 0.2) is 0 Å². The van der Waals surface area contributed by atoms with Crippen LogP contribution in [0, 0.1) is 0 Å². The van der Waals surface area contributed by atoms with E-state index in [1.54, 1.807) is 0 Å². The molecule has 1 N–H and O–H groups in total. The van der Waals surface area contributed by atoms with Gasteiger partial charge in [-0.15, -0.1) is 13.2 Å². The zero-order chi connectivity index (χ0) is 15.5. The Kier molecular flexibility index (Phi) is 8.44. The predicted molar refractivity (Wildman–Crippen MR) is 92.8 cm³/mol. The third kappa shape index (κ3) is 6.13. The Labute approximate surface area is 129 Å². The lowest BCUT2D eigenvalue weighted by Gasteiger charge is -2.22. The van der Waals surface area contributed by atoms with E-state index in [2.05, 4.69) is 49.4 Å². The highest BCUT2D eigenvalue weighted by Crippen LogP contribution is 2.16. The van der Waals surface area contributed by atoms with Gasteiger partial charge >= 0.3 is 0 Å².